The number of urea groups is 1. The fraction of sp³-hybridized carbons (Fsp3) is 0.375. The van der Waals surface area contributed by atoms with Crippen LogP contribution in [0, 0.1) is 5.92 Å². The lowest BCUT2D eigenvalue weighted by atomic mass is 10.1. The minimum absolute atomic E-state index is 0.316. The summed E-state index contributed by atoms with van der Waals surface area (Å²) in [5.41, 5.74) is 5.20. The molecule has 25 heavy (non-hydrogen) atoms. The number of hydrogen-bond donors (Lipinski definition) is 3. The van der Waals surface area contributed by atoms with Gasteiger partial charge in [-0.1, -0.05) is 25.4 Å². The van der Waals surface area contributed by atoms with E-state index in [1.165, 1.54) is 19.1 Å². The standard InChI is InChI=1S/C16H20ClN3O5/c1-8(2)12(14(22)20-16(18)24)25-15(23)9(3)19-13(21)10-4-6-11(17)7-5-10/h4-9,12H,1-3H3,(H,19,21)(H3,18,20,22,24)/t9-,12-/m0/s1. The Morgan fingerprint density at radius 3 is 2.12 bits per heavy atom. The summed E-state index contributed by atoms with van der Waals surface area (Å²) in [5, 5.41) is 4.80. The summed E-state index contributed by atoms with van der Waals surface area (Å²) in [6.45, 7) is 4.69. The van der Waals surface area contributed by atoms with Crippen molar-refractivity contribution in [3.05, 3.63) is 34.9 Å². The van der Waals surface area contributed by atoms with Gasteiger partial charge in [0, 0.05) is 10.6 Å². The molecule has 0 spiro atoms. The zero-order valence-electron chi connectivity index (χ0n) is 14.0. The molecule has 0 bridgehead atoms. The summed E-state index contributed by atoms with van der Waals surface area (Å²) in [7, 11) is 0. The van der Waals surface area contributed by atoms with Crippen molar-refractivity contribution in [2.24, 2.45) is 11.7 Å². The molecule has 4 N–H and O–H groups in total. The van der Waals surface area contributed by atoms with Gasteiger partial charge in [0.25, 0.3) is 11.8 Å². The number of halogens is 1. The number of esters is 1. The van der Waals surface area contributed by atoms with E-state index in [9.17, 15) is 19.2 Å². The number of hydrogen-bond acceptors (Lipinski definition) is 5. The van der Waals surface area contributed by atoms with Crippen molar-refractivity contribution in [2.75, 3.05) is 0 Å². The lowest BCUT2D eigenvalue weighted by Gasteiger charge is -2.22. The molecule has 0 aliphatic rings. The minimum atomic E-state index is -1.21. The Labute approximate surface area is 150 Å². The second kappa shape index (κ2) is 9.03. The van der Waals surface area contributed by atoms with E-state index in [0.717, 1.165) is 0 Å². The molecule has 1 aromatic rings. The van der Waals surface area contributed by atoms with E-state index in [1.807, 2.05) is 5.32 Å². The first-order chi connectivity index (χ1) is 11.6. The van der Waals surface area contributed by atoms with Crippen molar-refractivity contribution in [2.45, 2.75) is 32.9 Å². The molecule has 2 atom stereocenters. The first-order valence-electron chi connectivity index (χ1n) is 7.49. The molecule has 0 fully saturated rings. The van der Waals surface area contributed by atoms with Crippen LogP contribution in [0.5, 0.6) is 0 Å². The first kappa shape index (κ1) is 20.4. The molecule has 0 aliphatic carbocycles. The average Bonchev–Trinajstić information content (AvgIpc) is 2.51. The number of ether oxygens (including phenoxy) is 1. The number of imide groups is 1. The molecule has 0 radical (unpaired) electrons. The van der Waals surface area contributed by atoms with Crippen LogP contribution in [0.15, 0.2) is 24.3 Å². The Morgan fingerprint density at radius 1 is 1.08 bits per heavy atom. The predicted molar refractivity (Wildman–Crippen MR) is 90.8 cm³/mol. The van der Waals surface area contributed by atoms with Gasteiger partial charge < -0.3 is 15.8 Å². The third kappa shape index (κ3) is 6.42. The fourth-order valence-electron chi connectivity index (χ4n) is 1.85. The second-order valence-electron chi connectivity index (χ2n) is 5.66. The molecule has 0 aromatic heterocycles. The van der Waals surface area contributed by atoms with Crippen LogP contribution in [0.3, 0.4) is 0 Å². The van der Waals surface area contributed by atoms with Crippen molar-refractivity contribution >= 4 is 35.4 Å². The van der Waals surface area contributed by atoms with Gasteiger partial charge in [-0.2, -0.15) is 0 Å². The smallest absolute Gasteiger partial charge is 0.329 e. The number of nitrogens with two attached hydrogens (primary N) is 1. The number of carbonyl (C=O) groups excluding carboxylic acids is 4. The molecule has 0 unspecified atom stereocenters. The molecule has 0 heterocycles. The Hall–Kier alpha value is -2.61. The minimum Gasteiger partial charge on any atom is -0.450 e. The summed E-state index contributed by atoms with van der Waals surface area (Å²) >= 11 is 5.75. The van der Waals surface area contributed by atoms with E-state index in [4.69, 9.17) is 22.1 Å². The molecular weight excluding hydrogens is 350 g/mol. The molecule has 9 heteroatoms. The molecular formula is C16H20ClN3O5. The van der Waals surface area contributed by atoms with Gasteiger partial charge >= 0.3 is 12.0 Å². The van der Waals surface area contributed by atoms with Crippen LogP contribution < -0.4 is 16.4 Å². The zero-order valence-corrected chi connectivity index (χ0v) is 14.8. The number of amides is 4. The van der Waals surface area contributed by atoms with Gasteiger partial charge in [0.1, 0.15) is 6.04 Å². The third-order valence-corrected chi connectivity index (χ3v) is 3.41. The highest BCUT2D eigenvalue weighted by molar-refractivity contribution is 6.30. The zero-order chi connectivity index (χ0) is 19.1. The van der Waals surface area contributed by atoms with Gasteiger partial charge in [0.05, 0.1) is 0 Å². The monoisotopic (exact) mass is 369 g/mol. The van der Waals surface area contributed by atoms with E-state index in [-0.39, 0.29) is 0 Å². The molecule has 1 aromatic carbocycles. The Kier molecular flexibility index (Phi) is 7.38. The van der Waals surface area contributed by atoms with Crippen LogP contribution in [-0.4, -0.2) is 36.0 Å². The van der Waals surface area contributed by atoms with Crippen molar-refractivity contribution in [1.82, 2.24) is 10.6 Å². The molecule has 0 saturated heterocycles. The summed E-state index contributed by atoms with van der Waals surface area (Å²) < 4.78 is 5.10. The molecule has 0 saturated carbocycles. The lowest BCUT2D eigenvalue weighted by Crippen LogP contribution is -2.48. The van der Waals surface area contributed by atoms with Crippen molar-refractivity contribution in [3.8, 4) is 0 Å². The van der Waals surface area contributed by atoms with Crippen LogP contribution >= 0.6 is 11.6 Å². The van der Waals surface area contributed by atoms with E-state index >= 15 is 0 Å². The van der Waals surface area contributed by atoms with Crippen LogP contribution in [0.1, 0.15) is 31.1 Å². The first-order valence-corrected chi connectivity index (χ1v) is 7.86. The van der Waals surface area contributed by atoms with Gasteiger partial charge in [0.15, 0.2) is 6.10 Å². The van der Waals surface area contributed by atoms with E-state index in [1.54, 1.807) is 26.0 Å². The summed E-state index contributed by atoms with van der Waals surface area (Å²) in [5.74, 6) is -2.54. The summed E-state index contributed by atoms with van der Waals surface area (Å²) in [6, 6.07) is 4.05. The highest BCUT2D eigenvalue weighted by Gasteiger charge is 2.29. The molecule has 4 amide bonds. The molecule has 1 rings (SSSR count). The maximum Gasteiger partial charge on any atom is 0.329 e. The second-order valence-corrected chi connectivity index (χ2v) is 6.09. The number of nitrogens with one attached hydrogen (secondary N) is 2. The quantitative estimate of drug-likeness (QED) is 0.649. The number of carbonyl (C=O) groups is 4. The van der Waals surface area contributed by atoms with Gasteiger partial charge in [-0.3, -0.25) is 14.9 Å². The van der Waals surface area contributed by atoms with Crippen molar-refractivity contribution in [3.63, 3.8) is 0 Å². The van der Waals surface area contributed by atoms with Crippen LogP contribution in [-0.2, 0) is 14.3 Å². The Balaban J connectivity index is 2.70. The lowest BCUT2D eigenvalue weighted by molar-refractivity contribution is -0.159. The highest BCUT2D eigenvalue weighted by Crippen LogP contribution is 2.11. The average molecular weight is 370 g/mol. The van der Waals surface area contributed by atoms with Gasteiger partial charge in [-0.15, -0.1) is 0 Å². The molecule has 8 nitrogen and oxygen atoms in total. The van der Waals surface area contributed by atoms with Gasteiger partial charge in [0.2, 0.25) is 0 Å². The topological polar surface area (TPSA) is 128 Å². The number of benzene rings is 1. The summed E-state index contributed by atoms with van der Waals surface area (Å²) in [6.07, 6.45) is -1.21. The Bertz CT molecular complexity index is 660. The van der Waals surface area contributed by atoms with Crippen molar-refractivity contribution < 1.29 is 23.9 Å². The maximum absolute atomic E-state index is 12.1. The largest absolute Gasteiger partial charge is 0.450 e. The normalized spacial score (nSPS) is 12.8. The molecule has 0 aliphatic heterocycles. The van der Waals surface area contributed by atoms with E-state index < -0.39 is 41.9 Å². The van der Waals surface area contributed by atoms with Crippen molar-refractivity contribution in [1.29, 1.82) is 0 Å². The van der Waals surface area contributed by atoms with E-state index in [0.29, 0.717) is 10.6 Å². The SMILES string of the molecule is CC(C)[C@H](OC(=O)[C@H](C)NC(=O)c1ccc(Cl)cc1)C(=O)NC(N)=O. The van der Waals surface area contributed by atoms with Crippen LogP contribution in [0.2, 0.25) is 5.02 Å². The molecule has 136 valence electrons. The maximum atomic E-state index is 12.1. The predicted octanol–water partition coefficient (Wildman–Crippen LogP) is 1.22. The van der Waals surface area contributed by atoms with E-state index in [2.05, 4.69) is 5.32 Å². The van der Waals surface area contributed by atoms with Crippen LogP contribution in [0.4, 0.5) is 4.79 Å². The third-order valence-electron chi connectivity index (χ3n) is 3.16. The van der Waals surface area contributed by atoms with Gasteiger partial charge in [-0.25, -0.2) is 9.59 Å². The van der Waals surface area contributed by atoms with Crippen LogP contribution in [0.25, 0.3) is 0 Å². The highest BCUT2D eigenvalue weighted by atomic mass is 35.5. The number of primary amides is 1. The number of rotatable bonds is 6. The Morgan fingerprint density at radius 2 is 1.64 bits per heavy atom. The fourth-order valence-corrected chi connectivity index (χ4v) is 1.98. The summed E-state index contributed by atoms with van der Waals surface area (Å²) in [4.78, 5) is 46.8. The van der Waals surface area contributed by atoms with Gasteiger partial charge in [-0.05, 0) is 37.1 Å².